The third-order valence-corrected chi connectivity index (χ3v) is 3.40. The van der Waals surface area contributed by atoms with Crippen molar-refractivity contribution in [1.29, 1.82) is 0 Å². The highest BCUT2D eigenvalue weighted by Crippen LogP contribution is 2.20. The molecule has 1 aromatic heterocycles. The Morgan fingerprint density at radius 2 is 2.17 bits per heavy atom. The van der Waals surface area contributed by atoms with Gasteiger partial charge < -0.3 is 10.1 Å². The summed E-state index contributed by atoms with van der Waals surface area (Å²) in [6.45, 7) is 9.40. The van der Waals surface area contributed by atoms with Gasteiger partial charge in [0.25, 0.3) is 0 Å². The van der Waals surface area contributed by atoms with Crippen molar-refractivity contribution in [3.63, 3.8) is 0 Å². The molecule has 0 saturated carbocycles. The van der Waals surface area contributed by atoms with Crippen LogP contribution in [0.3, 0.4) is 0 Å². The van der Waals surface area contributed by atoms with Gasteiger partial charge in [0, 0.05) is 25.8 Å². The number of ether oxygens (including phenoxy) is 1. The van der Waals surface area contributed by atoms with Crippen molar-refractivity contribution >= 4 is 5.69 Å². The average Bonchev–Trinajstić information content (AvgIpc) is 2.72. The molecule has 0 spiro atoms. The Morgan fingerprint density at radius 3 is 2.78 bits per heavy atom. The molecule has 1 fully saturated rings. The molecular weight excluding hydrogens is 226 g/mol. The van der Waals surface area contributed by atoms with E-state index in [-0.39, 0.29) is 0 Å². The summed E-state index contributed by atoms with van der Waals surface area (Å²) < 4.78 is 7.54. The molecule has 1 saturated heterocycles. The van der Waals surface area contributed by atoms with Gasteiger partial charge in [0.1, 0.15) is 0 Å². The Hall–Kier alpha value is -1.03. The number of nitrogens with one attached hydrogen (secondary N) is 1. The van der Waals surface area contributed by atoms with Gasteiger partial charge in [-0.3, -0.25) is 4.68 Å². The minimum absolute atomic E-state index is 0.542. The predicted octanol–water partition coefficient (Wildman–Crippen LogP) is 2.69. The summed E-state index contributed by atoms with van der Waals surface area (Å²) in [5.41, 5.74) is 2.54. The Balaban J connectivity index is 2.05. The first-order valence-electron chi connectivity index (χ1n) is 7.09. The highest BCUT2D eigenvalue weighted by atomic mass is 16.5. The highest BCUT2D eigenvalue weighted by molar-refractivity contribution is 5.47. The Morgan fingerprint density at radius 1 is 1.44 bits per heavy atom. The number of hydrogen-bond donors (Lipinski definition) is 1. The lowest BCUT2D eigenvalue weighted by molar-refractivity contribution is 0.0904. The van der Waals surface area contributed by atoms with Gasteiger partial charge in [-0.15, -0.1) is 0 Å². The summed E-state index contributed by atoms with van der Waals surface area (Å²) in [5, 5.41) is 8.15. The predicted molar refractivity (Wildman–Crippen MR) is 73.9 cm³/mol. The number of rotatable bonds is 5. The van der Waals surface area contributed by atoms with Crippen LogP contribution in [0.4, 0.5) is 5.69 Å². The van der Waals surface area contributed by atoms with E-state index >= 15 is 0 Å². The molecule has 4 nitrogen and oxygen atoms in total. The van der Waals surface area contributed by atoms with Crippen LogP contribution in [0.25, 0.3) is 0 Å². The van der Waals surface area contributed by atoms with Gasteiger partial charge in [-0.25, -0.2) is 0 Å². The third-order valence-electron chi connectivity index (χ3n) is 3.40. The molecule has 2 rings (SSSR count). The fraction of sp³-hybridized carbons (Fsp3) is 0.786. The van der Waals surface area contributed by atoms with Crippen LogP contribution in [0.2, 0.25) is 0 Å². The normalized spacial score (nSPS) is 17.3. The summed E-state index contributed by atoms with van der Waals surface area (Å²) in [6, 6.07) is 0.542. The average molecular weight is 251 g/mol. The number of aromatic nitrogens is 2. The van der Waals surface area contributed by atoms with E-state index in [0.29, 0.717) is 12.0 Å². The van der Waals surface area contributed by atoms with E-state index in [2.05, 4.69) is 35.9 Å². The van der Waals surface area contributed by atoms with Crippen molar-refractivity contribution in [2.24, 2.45) is 5.92 Å². The van der Waals surface area contributed by atoms with E-state index < -0.39 is 0 Å². The summed E-state index contributed by atoms with van der Waals surface area (Å²) >= 11 is 0. The van der Waals surface area contributed by atoms with Crippen molar-refractivity contribution in [3.8, 4) is 0 Å². The molecule has 0 atom stereocenters. The number of hydrogen-bond acceptors (Lipinski definition) is 3. The van der Waals surface area contributed by atoms with Gasteiger partial charge in [-0.05, 0) is 25.2 Å². The van der Waals surface area contributed by atoms with E-state index in [0.717, 1.165) is 39.0 Å². The molecule has 0 aliphatic carbocycles. The van der Waals surface area contributed by atoms with Crippen molar-refractivity contribution in [1.82, 2.24) is 9.78 Å². The lowest BCUT2D eigenvalue weighted by Crippen LogP contribution is -2.28. The number of anilines is 1. The van der Waals surface area contributed by atoms with Crippen LogP contribution in [0.5, 0.6) is 0 Å². The monoisotopic (exact) mass is 251 g/mol. The van der Waals surface area contributed by atoms with Crippen LogP contribution in [-0.2, 0) is 17.7 Å². The topological polar surface area (TPSA) is 39.1 Å². The Labute approximate surface area is 110 Å². The lowest BCUT2D eigenvalue weighted by atomic mass is 10.1. The first-order valence-corrected chi connectivity index (χ1v) is 7.09. The van der Waals surface area contributed by atoms with Crippen molar-refractivity contribution in [2.45, 2.75) is 52.6 Å². The Bertz CT molecular complexity index is 367. The molecular formula is C14H25N3O. The van der Waals surface area contributed by atoms with Gasteiger partial charge in [0.15, 0.2) is 0 Å². The van der Waals surface area contributed by atoms with Crippen LogP contribution in [-0.4, -0.2) is 29.0 Å². The molecule has 0 unspecified atom stereocenters. The zero-order valence-electron chi connectivity index (χ0n) is 11.8. The Kier molecular flexibility index (Phi) is 4.64. The van der Waals surface area contributed by atoms with Crippen LogP contribution in [0.15, 0.2) is 6.20 Å². The minimum atomic E-state index is 0.542. The van der Waals surface area contributed by atoms with Crippen LogP contribution < -0.4 is 5.32 Å². The van der Waals surface area contributed by atoms with E-state index in [1.807, 2.05) is 6.20 Å². The molecule has 0 amide bonds. The summed E-state index contributed by atoms with van der Waals surface area (Å²) in [5.74, 6) is 0.631. The SMILES string of the molecule is CCc1c(NC2CCOCC2)cnn1CC(C)C. The van der Waals surface area contributed by atoms with Crippen LogP contribution >= 0.6 is 0 Å². The van der Waals surface area contributed by atoms with Crippen molar-refractivity contribution in [2.75, 3.05) is 18.5 Å². The minimum Gasteiger partial charge on any atom is -0.381 e. The van der Waals surface area contributed by atoms with Crippen molar-refractivity contribution in [3.05, 3.63) is 11.9 Å². The van der Waals surface area contributed by atoms with Gasteiger partial charge in [-0.2, -0.15) is 5.10 Å². The molecule has 0 bridgehead atoms. The quantitative estimate of drug-likeness (QED) is 0.874. The maximum atomic E-state index is 5.39. The summed E-state index contributed by atoms with van der Waals surface area (Å²) in [7, 11) is 0. The van der Waals surface area contributed by atoms with E-state index in [4.69, 9.17) is 4.74 Å². The molecule has 18 heavy (non-hydrogen) atoms. The molecule has 0 radical (unpaired) electrons. The maximum Gasteiger partial charge on any atom is 0.0761 e. The first-order chi connectivity index (χ1) is 8.70. The fourth-order valence-corrected chi connectivity index (χ4v) is 2.47. The van der Waals surface area contributed by atoms with E-state index in [1.54, 1.807) is 0 Å². The maximum absolute atomic E-state index is 5.39. The standard InChI is InChI=1S/C14H25N3O/c1-4-14-13(9-15-17(14)10-11(2)3)16-12-5-7-18-8-6-12/h9,11-12,16H,4-8,10H2,1-3H3. The number of nitrogens with zero attached hydrogens (tertiary/aromatic N) is 2. The molecule has 1 aliphatic rings. The van der Waals surface area contributed by atoms with Crippen LogP contribution in [0, 0.1) is 5.92 Å². The molecule has 4 heteroatoms. The summed E-state index contributed by atoms with van der Waals surface area (Å²) in [4.78, 5) is 0. The highest BCUT2D eigenvalue weighted by Gasteiger charge is 2.17. The lowest BCUT2D eigenvalue weighted by Gasteiger charge is -2.24. The van der Waals surface area contributed by atoms with Gasteiger partial charge >= 0.3 is 0 Å². The zero-order chi connectivity index (χ0) is 13.0. The van der Waals surface area contributed by atoms with E-state index in [9.17, 15) is 0 Å². The van der Waals surface area contributed by atoms with Crippen molar-refractivity contribution < 1.29 is 4.74 Å². The smallest absolute Gasteiger partial charge is 0.0761 e. The second-order valence-corrected chi connectivity index (χ2v) is 5.47. The molecule has 102 valence electrons. The molecule has 1 N–H and O–H groups in total. The first kappa shape index (κ1) is 13.4. The summed E-state index contributed by atoms with van der Waals surface area (Å²) in [6.07, 6.45) is 5.20. The van der Waals surface area contributed by atoms with Gasteiger partial charge in [-0.1, -0.05) is 20.8 Å². The second-order valence-electron chi connectivity index (χ2n) is 5.47. The van der Waals surface area contributed by atoms with E-state index in [1.165, 1.54) is 11.4 Å². The molecule has 2 heterocycles. The van der Waals surface area contributed by atoms with Gasteiger partial charge in [0.2, 0.25) is 0 Å². The second kappa shape index (κ2) is 6.23. The largest absolute Gasteiger partial charge is 0.381 e. The third kappa shape index (κ3) is 3.25. The molecule has 0 aromatic carbocycles. The molecule has 1 aliphatic heterocycles. The zero-order valence-corrected chi connectivity index (χ0v) is 11.8. The molecule has 1 aromatic rings. The van der Waals surface area contributed by atoms with Crippen LogP contribution in [0.1, 0.15) is 39.3 Å². The van der Waals surface area contributed by atoms with Gasteiger partial charge in [0.05, 0.1) is 17.6 Å². The fourth-order valence-electron chi connectivity index (χ4n) is 2.47.